The van der Waals surface area contributed by atoms with E-state index >= 15 is 0 Å². The third kappa shape index (κ3) is 1.91. The van der Waals surface area contributed by atoms with Gasteiger partial charge in [0.15, 0.2) is 0 Å². The molecule has 0 heterocycles. The molecule has 0 amide bonds. The van der Waals surface area contributed by atoms with Crippen LogP contribution in [0.2, 0.25) is 0 Å². The van der Waals surface area contributed by atoms with E-state index in [9.17, 15) is 4.39 Å². The van der Waals surface area contributed by atoms with Gasteiger partial charge in [-0.15, -0.1) is 0 Å². The molecule has 14 heavy (non-hydrogen) atoms. The average molecular weight is 321 g/mol. The molecule has 0 spiro atoms. The normalized spacial score (nSPS) is 9.93. The first-order valence-electron chi connectivity index (χ1n) is 3.73. The van der Waals surface area contributed by atoms with Gasteiger partial charge in [-0.25, -0.2) is 4.39 Å². The molecule has 74 valence electrons. The number of benzene rings is 1. The van der Waals surface area contributed by atoms with Gasteiger partial charge in [-0.2, -0.15) is 0 Å². The highest BCUT2D eigenvalue weighted by Crippen LogP contribution is 2.37. The van der Waals surface area contributed by atoms with E-state index in [-0.39, 0.29) is 0 Å². The third-order valence-electron chi connectivity index (χ3n) is 1.78. The zero-order chi connectivity index (χ0) is 10.9. The predicted octanol–water partition coefficient (Wildman–Crippen LogP) is 4.38. The Kier molecular flexibility index (Phi) is 3.50. The van der Waals surface area contributed by atoms with Crippen molar-refractivity contribution in [1.29, 1.82) is 0 Å². The Balaban J connectivity index is 3.63. The lowest BCUT2D eigenvalue weighted by Gasteiger charge is -2.11. The van der Waals surface area contributed by atoms with Gasteiger partial charge < -0.3 is 5.73 Å². The van der Waals surface area contributed by atoms with Crippen LogP contribution in [0.3, 0.4) is 0 Å². The minimum absolute atomic E-state index is 0.348. The molecule has 0 aliphatic heterocycles. The molecule has 0 aliphatic rings. The summed E-state index contributed by atoms with van der Waals surface area (Å²) in [5, 5.41) is 0. The van der Waals surface area contributed by atoms with Crippen molar-refractivity contribution in [2.75, 3.05) is 5.73 Å². The summed E-state index contributed by atoms with van der Waals surface area (Å²) in [6.07, 6.45) is 1.50. The molecule has 0 atom stereocenters. The minimum atomic E-state index is -0.536. The van der Waals surface area contributed by atoms with Crippen LogP contribution < -0.4 is 5.73 Å². The van der Waals surface area contributed by atoms with Crippen molar-refractivity contribution in [2.24, 2.45) is 0 Å². The zero-order valence-electron chi connectivity index (χ0n) is 7.28. The summed E-state index contributed by atoms with van der Waals surface area (Å²) in [5.74, 6) is -0.536. The molecular weight excluding hydrogens is 313 g/mol. The predicted molar refractivity (Wildman–Crippen MR) is 66.5 cm³/mol. The maximum absolute atomic E-state index is 13.1. The molecule has 1 aromatic carbocycles. The molecule has 0 radical (unpaired) electrons. The van der Waals surface area contributed by atoms with Gasteiger partial charge in [0.05, 0.1) is 5.69 Å². The lowest BCUT2D eigenvalue weighted by atomic mass is 10.0. The molecule has 0 unspecified atom stereocenters. The monoisotopic (exact) mass is 319 g/mol. The van der Waals surface area contributed by atoms with E-state index in [2.05, 4.69) is 45.0 Å². The van der Waals surface area contributed by atoms with Crippen LogP contribution in [0.15, 0.2) is 28.2 Å². The highest BCUT2D eigenvalue weighted by molar-refractivity contribution is 9.11. The van der Waals surface area contributed by atoms with E-state index in [1.165, 1.54) is 6.08 Å². The van der Waals surface area contributed by atoms with Crippen LogP contribution in [0.4, 0.5) is 10.1 Å². The van der Waals surface area contributed by atoms with Crippen LogP contribution in [0.25, 0.3) is 11.9 Å². The van der Waals surface area contributed by atoms with E-state index in [1.54, 1.807) is 6.07 Å². The Morgan fingerprint density at radius 3 is 2.43 bits per heavy atom. The molecule has 1 rings (SSSR count). The van der Waals surface area contributed by atoms with E-state index in [4.69, 9.17) is 5.73 Å². The van der Waals surface area contributed by atoms with Gasteiger partial charge in [0.1, 0.15) is 5.83 Å². The fourth-order valence-electron chi connectivity index (χ4n) is 1.14. The molecule has 0 saturated heterocycles. The fourth-order valence-corrected chi connectivity index (χ4v) is 2.55. The first kappa shape index (κ1) is 11.5. The number of nitrogen functional groups attached to an aromatic ring is 1. The second-order valence-electron chi connectivity index (χ2n) is 2.65. The largest absolute Gasteiger partial charge is 0.397 e. The zero-order valence-corrected chi connectivity index (χ0v) is 10.5. The molecule has 0 bridgehead atoms. The smallest absolute Gasteiger partial charge is 0.125 e. The highest BCUT2D eigenvalue weighted by atomic mass is 79.9. The summed E-state index contributed by atoms with van der Waals surface area (Å²) in [7, 11) is 0. The standard InChI is InChI=1S/C10H8Br2FN/c1-3-6-9(5(2)13)7(11)4-8(12)10(6)14/h3-4H,1-2,14H2. The van der Waals surface area contributed by atoms with Crippen molar-refractivity contribution in [3.8, 4) is 0 Å². The first-order valence-corrected chi connectivity index (χ1v) is 5.32. The van der Waals surface area contributed by atoms with Crippen molar-refractivity contribution in [2.45, 2.75) is 0 Å². The van der Waals surface area contributed by atoms with E-state index in [0.29, 0.717) is 25.8 Å². The Hall–Kier alpha value is -0.610. The molecular formula is C10H8Br2FN. The van der Waals surface area contributed by atoms with Gasteiger partial charge in [0, 0.05) is 20.1 Å². The van der Waals surface area contributed by atoms with Crippen molar-refractivity contribution in [3.63, 3.8) is 0 Å². The maximum atomic E-state index is 13.1. The van der Waals surface area contributed by atoms with Gasteiger partial charge in [0.2, 0.25) is 0 Å². The highest BCUT2D eigenvalue weighted by Gasteiger charge is 2.13. The molecule has 1 nitrogen and oxygen atoms in total. The lowest BCUT2D eigenvalue weighted by Crippen LogP contribution is -1.96. The van der Waals surface area contributed by atoms with Crippen LogP contribution in [-0.4, -0.2) is 0 Å². The summed E-state index contributed by atoms with van der Waals surface area (Å²) >= 11 is 6.51. The van der Waals surface area contributed by atoms with Gasteiger partial charge in [0.25, 0.3) is 0 Å². The molecule has 0 aliphatic carbocycles. The van der Waals surface area contributed by atoms with Gasteiger partial charge in [-0.3, -0.25) is 0 Å². The summed E-state index contributed by atoms with van der Waals surface area (Å²) in [4.78, 5) is 0. The molecule has 0 saturated carbocycles. The molecule has 0 aromatic heterocycles. The third-order valence-corrected chi connectivity index (χ3v) is 3.07. The van der Waals surface area contributed by atoms with Crippen LogP contribution in [0.5, 0.6) is 0 Å². The summed E-state index contributed by atoms with van der Waals surface area (Å²) in [6, 6.07) is 1.68. The summed E-state index contributed by atoms with van der Waals surface area (Å²) in [5.41, 5.74) is 7.10. The number of anilines is 1. The van der Waals surface area contributed by atoms with Crippen molar-refractivity contribution in [3.05, 3.63) is 39.3 Å². The van der Waals surface area contributed by atoms with E-state index < -0.39 is 5.83 Å². The van der Waals surface area contributed by atoms with E-state index in [1.807, 2.05) is 0 Å². The quantitative estimate of drug-likeness (QED) is 0.804. The van der Waals surface area contributed by atoms with Gasteiger partial charge >= 0.3 is 0 Å². The van der Waals surface area contributed by atoms with Gasteiger partial charge in [-0.05, 0) is 22.0 Å². The van der Waals surface area contributed by atoms with Crippen molar-refractivity contribution >= 4 is 49.5 Å². The Labute approximate surface area is 98.8 Å². The number of hydrogen-bond donors (Lipinski definition) is 1. The number of nitrogens with two attached hydrogens (primary N) is 1. The van der Waals surface area contributed by atoms with Crippen LogP contribution in [0.1, 0.15) is 11.1 Å². The lowest BCUT2D eigenvalue weighted by molar-refractivity contribution is 0.762. The van der Waals surface area contributed by atoms with Crippen LogP contribution in [0, 0.1) is 0 Å². The summed E-state index contributed by atoms with van der Waals surface area (Å²) in [6.45, 7) is 6.84. The molecule has 2 N–H and O–H groups in total. The van der Waals surface area contributed by atoms with Crippen LogP contribution in [-0.2, 0) is 0 Å². The second kappa shape index (κ2) is 4.28. The Bertz CT molecular complexity index is 413. The SMILES string of the molecule is C=Cc1c(N)c(Br)cc(Br)c1C(=C)F. The summed E-state index contributed by atoms with van der Waals surface area (Å²) < 4.78 is 14.4. The van der Waals surface area contributed by atoms with Crippen LogP contribution >= 0.6 is 31.9 Å². The molecule has 0 fully saturated rings. The topological polar surface area (TPSA) is 26.0 Å². The number of hydrogen-bond acceptors (Lipinski definition) is 1. The van der Waals surface area contributed by atoms with Gasteiger partial charge in [-0.1, -0.05) is 35.2 Å². The molecule has 4 heteroatoms. The Morgan fingerprint density at radius 2 is 2.00 bits per heavy atom. The second-order valence-corrected chi connectivity index (χ2v) is 4.36. The fraction of sp³-hybridized carbons (Fsp3) is 0. The molecule has 1 aromatic rings. The average Bonchev–Trinajstić information content (AvgIpc) is 2.09. The maximum Gasteiger partial charge on any atom is 0.125 e. The number of rotatable bonds is 2. The van der Waals surface area contributed by atoms with Crippen molar-refractivity contribution in [1.82, 2.24) is 0 Å². The number of halogens is 3. The Morgan fingerprint density at radius 1 is 1.43 bits per heavy atom. The van der Waals surface area contributed by atoms with Crippen molar-refractivity contribution < 1.29 is 4.39 Å². The van der Waals surface area contributed by atoms with E-state index in [0.717, 1.165) is 0 Å². The minimum Gasteiger partial charge on any atom is -0.397 e. The first-order chi connectivity index (χ1) is 6.49.